The van der Waals surface area contributed by atoms with Gasteiger partial charge in [-0.2, -0.15) is 0 Å². The second-order valence-corrected chi connectivity index (χ2v) is 5.52. The van der Waals surface area contributed by atoms with Gasteiger partial charge in [-0.15, -0.1) is 0 Å². The molecule has 0 radical (unpaired) electrons. The van der Waals surface area contributed by atoms with Gasteiger partial charge in [-0.05, 0) is 30.7 Å². The summed E-state index contributed by atoms with van der Waals surface area (Å²) in [5, 5.41) is 3.45. The van der Waals surface area contributed by atoms with Crippen LogP contribution in [0.3, 0.4) is 0 Å². The SMILES string of the molecule is CC1(CCNCCc2ccccc2)Oc2ccccc2O1. The summed E-state index contributed by atoms with van der Waals surface area (Å²) in [4.78, 5) is 0. The quantitative estimate of drug-likeness (QED) is 0.824. The summed E-state index contributed by atoms with van der Waals surface area (Å²) in [5.41, 5.74) is 1.36. The number of hydrogen-bond donors (Lipinski definition) is 1. The van der Waals surface area contributed by atoms with Crippen molar-refractivity contribution in [1.82, 2.24) is 5.32 Å². The molecule has 2 aromatic carbocycles. The standard InChI is InChI=1S/C18H21NO2/c1-18(20-16-9-5-6-10-17(16)21-18)12-14-19-13-11-15-7-3-2-4-8-15/h2-10,19H,11-14H2,1H3. The molecule has 0 atom stereocenters. The molecular weight excluding hydrogens is 262 g/mol. The molecule has 0 aromatic heterocycles. The second kappa shape index (κ2) is 6.19. The van der Waals surface area contributed by atoms with Gasteiger partial charge < -0.3 is 14.8 Å². The third-order valence-electron chi connectivity index (χ3n) is 3.69. The number of para-hydroxylation sites is 2. The number of ether oxygens (including phenoxy) is 2. The maximum absolute atomic E-state index is 5.90. The first-order valence-electron chi connectivity index (χ1n) is 7.47. The van der Waals surface area contributed by atoms with Crippen LogP contribution in [0.2, 0.25) is 0 Å². The monoisotopic (exact) mass is 283 g/mol. The van der Waals surface area contributed by atoms with Gasteiger partial charge in [0.2, 0.25) is 5.79 Å². The van der Waals surface area contributed by atoms with Crippen molar-refractivity contribution in [3.05, 3.63) is 60.2 Å². The Morgan fingerprint density at radius 1 is 0.857 bits per heavy atom. The maximum Gasteiger partial charge on any atom is 0.250 e. The minimum atomic E-state index is -0.552. The lowest BCUT2D eigenvalue weighted by atomic mass is 10.1. The molecule has 0 saturated carbocycles. The molecule has 0 aliphatic carbocycles. The van der Waals surface area contributed by atoms with Crippen molar-refractivity contribution in [2.24, 2.45) is 0 Å². The minimum absolute atomic E-state index is 0.552. The van der Waals surface area contributed by atoms with Crippen molar-refractivity contribution in [1.29, 1.82) is 0 Å². The summed E-state index contributed by atoms with van der Waals surface area (Å²) in [7, 11) is 0. The molecule has 0 amide bonds. The topological polar surface area (TPSA) is 30.5 Å². The Morgan fingerprint density at radius 3 is 2.14 bits per heavy atom. The summed E-state index contributed by atoms with van der Waals surface area (Å²) in [5.74, 6) is 1.12. The van der Waals surface area contributed by atoms with Crippen molar-refractivity contribution in [2.45, 2.75) is 25.6 Å². The van der Waals surface area contributed by atoms with Crippen molar-refractivity contribution >= 4 is 0 Å². The highest BCUT2D eigenvalue weighted by Gasteiger charge is 2.35. The first kappa shape index (κ1) is 14.0. The second-order valence-electron chi connectivity index (χ2n) is 5.52. The van der Waals surface area contributed by atoms with Gasteiger partial charge in [0.1, 0.15) is 0 Å². The van der Waals surface area contributed by atoms with E-state index in [9.17, 15) is 0 Å². The van der Waals surface area contributed by atoms with Gasteiger partial charge in [0.05, 0.1) is 0 Å². The Morgan fingerprint density at radius 2 is 1.48 bits per heavy atom. The van der Waals surface area contributed by atoms with E-state index in [1.54, 1.807) is 0 Å². The number of rotatable bonds is 6. The lowest BCUT2D eigenvalue weighted by molar-refractivity contribution is -0.0672. The maximum atomic E-state index is 5.90. The molecule has 1 aliphatic rings. The van der Waals surface area contributed by atoms with Crippen molar-refractivity contribution < 1.29 is 9.47 Å². The van der Waals surface area contributed by atoms with Crippen LogP contribution in [-0.2, 0) is 6.42 Å². The number of fused-ring (bicyclic) bond motifs is 1. The third-order valence-corrected chi connectivity index (χ3v) is 3.69. The highest BCUT2D eigenvalue weighted by Crippen LogP contribution is 2.39. The molecule has 1 N–H and O–H groups in total. The molecule has 110 valence electrons. The molecule has 0 unspecified atom stereocenters. The van der Waals surface area contributed by atoms with Gasteiger partial charge in [0, 0.05) is 19.9 Å². The Bertz CT molecular complexity index is 558. The zero-order valence-corrected chi connectivity index (χ0v) is 12.3. The van der Waals surface area contributed by atoms with Gasteiger partial charge in [0.25, 0.3) is 0 Å². The fourth-order valence-electron chi connectivity index (χ4n) is 2.52. The number of hydrogen-bond acceptors (Lipinski definition) is 3. The zero-order valence-electron chi connectivity index (χ0n) is 12.3. The van der Waals surface area contributed by atoms with Crippen LogP contribution in [0.15, 0.2) is 54.6 Å². The van der Waals surface area contributed by atoms with E-state index < -0.39 is 5.79 Å². The third kappa shape index (κ3) is 3.56. The van der Waals surface area contributed by atoms with Crippen molar-refractivity contribution in [3.63, 3.8) is 0 Å². The zero-order chi connectivity index (χ0) is 14.5. The van der Waals surface area contributed by atoms with Crippen molar-refractivity contribution in [3.8, 4) is 11.5 Å². The van der Waals surface area contributed by atoms with E-state index in [2.05, 4.69) is 29.6 Å². The Kier molecular flexibility index (Phi) is 4.11. The van der Waals surface area contributed by atoms with Gasteiger partial charge >= 0.3 is 0 Å². The molecule has 3 heteroatoms. The van der Waals surface area contributed by atoms with Crippen LogP contribution < -0.4 is 14.8 Å². The van der Waals surface area contributed by atoms with Crippen LogP contribution >= 0.6 is 0 Å². The Hall–Kier alpha value is -2.00. The smallest absolute Gasteiger partial charge is 0.250 e. The van der Waals surface area contributed by atoms with Crippen LogP contribution in [0, 0.1) is 0 Å². The van der Waals surface area contributed by atoms with E-state index in [0.717, 1.165) is 37.4 Å². The van der Waals surface area contributed by atoms with Gasteiger partial charge in [-0.3, -0.25) is 0 Å². The van der Waals surface area contributed by atoms with Crippen LogP contribution in [0.4, 0.5) is 0 Å². The molecule has 1 aliphatic heterocycles. The van der Waals surface area contributed by atoms with E-state index in [1.165, 1.54) is 5.56 Å². The lowest BCUT2D eigenvalue weighted by Gasteiger charge is -2.23. The molecule has 1 heterocycles. The van der Waals surface area contributed by atoms with E-state index in [-0.39, 0.29) is 0 Å². The first-order chi connectivity index (χ1) is 10.3. The normalized spacial score (nSPS) is 15.1. The molecule has 3 rings (SSSR count). The Labute approximate surface area is 125 Å². The highest BCUT2D eigenvalue weighted by atomic mass is 16.7. The van der Waals surface area contributed by atoms with Crippen molar-refractivity contribution in [2.75, 3.05) is 13.1 Å². The highest BCUT2D eigenvalue weighted by molar-refractivity contribution is 5.42. The molecule has 0 fully saturated rings. The molecule has 21 heavy (non-hydrogen) atoms. The number of nitrogens with one attached hydrogen (secondary N) is 1. The summed E-state index contributed by atoms with van der Waals surface area (Å²) in [6.45, 7) is 3.83. The largest absolute Gasteiger partial charge is 0.449 e. The van der Waals surface area contributed by atoms with E-state index in [1.807, 2.05) is 37.3 Å². The van der Waals surface area contributed by atoms with Gasteiger partial charge in [-0.25, -0.2) is 0 Å². The molecule has 0 bridgehead atoms. The number of benzene rings is 2. The van der Waals surface area contributed by atoms with Crippen LogP contribution in [0.5, 0.6) is 11.5 Å². The molecule has 0 spiro atoms. The van der Waals surface area contributed by atoms with Gasteiger partial charge in [0.15, 0.2) is 11.5 Å². The Balaban J connectivity index is 1.40. The summed E-state index contributed by atoms with van der Waals surface area (Å²) in [6.07, 6.45) is 1.86. The molecular formula is C18H21NO2. The summed E-state index contributed by atoms with van der Waals surface area (Å²) >= 11 is 0. The van der Waals surface area contributed by atoms with E-state index in [0.29, 0.717) is 0 Å². The van der Waals surface area contributed by atoms with Crippen LogP contribution in [-0.4, -0.2) is 18.9 Å². The molecule has 3 nitrogen and oxygen atoms in total. The van der Waals surface area contributed by atoms with E-state index >= 15 is 0 Å². The van der Waals surface area contributed by atoms with Gasteiger partial charge in [-0.1, -0.05) is 42.5 Å². The van der Waals surface area contributed by atoms with E-state index in [4.69, 9.17) is 9.47 Å². The fraction of sp³-hybridized carbons (Fsp3) is 0.333. The van der Waals surface area contributed by atoms with Crippen LogP contribution in [0.25, 0.3) is 0 Å². The predicted molar refractivity (Wildman–Crippen MR) is 83.7 cm³/mol. The predicted octanol–water partition coefficient (Wildman–Crippen LogP) is 3.40. The molecule has 0 saturated heterocycles. The van der Waals surface area contributed by atoms with Crippen LogP contribution in [0.1, 0.15) is 18.9 Å². The molecule has 2 aromatic rings. The first-order valence-corrected chi connectivity index (χ1v) is 7.47. The fourth-order valence-corrected chi connectivity index (χ4v) is 2.52. The summed E-state index contributed by atoms with van der Waals surface area (Å²) < 4.78 is 11.8. The summed E-state index contributed by atoms with van der Waals surface area (Å²) in [6, 6.07) is 18.3. The average Bonchev–Trinajstić information content (AvgIpc) is 2.84. The average molecular weight is 283 g/mol. The minimum Gasteiger partial charge on any atom is -0.449 e. The lowest BCUT2D eigenvalue weighted by Crippen LogP contribution is -2.38.